The summed E-state index contributed by atoms with van der Waals surface area (Å²) in [6, 6.07) is 9.12. The van der Waals surface area contributed by atoms with E-state index in [0.717, 1.165) is 34.5 Å². The fourth-order valence-corrected chi connectivity index (χ4v) is 4.18. The molecule has 3 heterocycles. The Hall–Kier alpha value is -4.01. The number of nitrogens with zero attached hydrogens (tertiary/aromatic N) is 5. The fraction of sp³-hybridized carbons (Fsp3) is 0.320. The molecule has 0 saturated carbocycles. The van der Waals surface area contributed by atoms with E-state index in [1.54, 1.807) is 48.5 Å². The van der Waals surface area contributed by atoms with Crippen LogP contribution in [0.5, 0.6) is 5.75 Å². The first-order valence-corrected chi connectivity index (χ1v) is 11.2. The zero-order valence-electron chi connectivity index (χ0n) is 19.6. The highest BCUT2D eigenvalue weighted by Crippen LogP contribution is 2.35. The molecule has 0 radical (unpaired) electrons. The summed E-state index contributed by atoms with van der Waals surface area (Å²) in [5.74, 6) is 0.812. The quantitative estimate of drug-likeness (QED) is 0.622. The molecule has 1 saturated heterocycles. The van der Waals surface area contributed by atoms with Gasteiger partial charge in [-0.25, -0.2) is 15.0 Å². The van der Waals surface area contributed by atoms with Gasteiger partial charge in [0.2, 0.25) is 5.91 Å². The lowest BCUT2D eigenvalue weighted by Gasteiger charge is -2.34. The summed E-state index contributed by atoms with van der Waals surface area (Å²) in [4.78, 5) is 41.6. The van der Waals surface area contributed by atoms with Gasteiger partial charge in [-0.05, 0) is 30.7 Å². The minimum atomic E-state index is -0.119. The van der Waals surface area contributed by atoms with Gasteiger partial charge in [0, 0.05) is 56.0 Å². The first-order valence-electron chi connectivity index (χ1n) is 11.2. The van der Waals surface area contributed by atoms with Crippen LogP contribution in [0.1, 0.15) is 29.9 Å². The van der Waals surface area contributed by atoms with Crippen molar-refractivity contribution in [2.75, 3.05) is 39.0 Å². The summed E-state index contributed by atoms with van der Waals surface area (Å²) < 4.78 is 5.61. The molecule has 9 heteroatoms. The van der Waals surface area contributed by atoms with Crippen LogP contribution in [0, 0.1) is 0 Å². The van der Waals surface area contributed by atoms with Crippen molar-refractivity contribution in [3.8, 4) is 28.1 Å². The lowest BCUT2D eigenvalue weighted by molar-refractivity contribution is -0.130. The van der Waals surface area contributed by atoms with Crippen LogP contribution < -0.4 is 10.5 Å². The lowest BCUT2D eigenvalue weighted by Crippen LogP contribution is -2.50. The predicted molar refractivity (Wildman–Crippen MR) is 129 cm³/mol. The molecule has 1 fully saturated rings. The number of aromatic nitrogens is 3. The van der Waals surface area contributed by atoms with Crippen molar-refractivity contribution >= 4 is 17.6 Å². The first-order chi connectivity index (χ1) is 16.4. The standard InChI is InChI=1S/C25H28N6O3/c1-4-20-23(18-6-8-22(26)27-14-18)24(29-15-28-20)17-5-7-19(21(13-17)34-3)25(33)31-11-9-30(10-12-31)16(2)32/h5-8,13-15H,4,9-12H2,1-3H3,(H2,26,27). The highest BCUT2D eigenvalue weighted by molar-refractivity contribution is 5.98. The number of piperazine rings is 1. The van der Waals surface area contributed by atoms with Gasteiger partial charge in [0.1, 0.15) is 17.9 Å². The first kappa shape index (κ1) is 23.2. The normalized spacial score (nSPS) is 13.6. The number of amides is 2. The van der Waals surface area contributed by atoms with Gasteiger partial charge >= 0.3 is 0 Å². The van der Waals surface area contributed by atoms with E-state index in [0.29, 0.717) is 43.3 Å². The summed E-state index contributed by atoms with van der Waals surface area (Å²) in [6.07, 6.45) is 3.98. The van der Waals surface area contributed by atoms with Crippen LogP contribution >= 0.6 is 0 Å². The van der Waals surface area contributed by atoms with E-state index >= 15 is 0 Å². The van der Waals surface area contributed by atoms with Gasteiger partial charge in [-0.15, -0.1) is 0 Å². The summed E-state index contributed by atoms with van der Waals surface area (Å²) in [5, 5.41) is 0. The average Bonchev–Trinajstić information content (AvgIpc) is 2.88. The van der Waals surface area contributed by atoms with Crippen LogP contribution in [0.25, 0.3) is 22.4 Å². The number of benzene rings is 1. The van der Waals surface area contributed by atoms with E-state index < -0.39 is 0 Å². The molecule has 1 aliphatic rings. The van der Waals surface area contributed by atoms with E-state index in [2.05, 4.69) is 15.0 Å². The van der Waals surface area contributed by atoms with E-state index in [1.807, 2.05) is 25.1 Å². The minimum absolute atomic E-state index is 0.0254. The number of pyridine rings is 1. The van der Waals surface area contributed by atoms with Crippen molar-refractivity contribution in [1.29, 1.82) is 0 Å². The number of carbonyl (C=O) groups excluding carboxylic acids is 2. The fourth-order valence-electron chi connectivity index (χ4n) is 4.18. The molecule has 1 aliphatic heterocycles. The SMILES string of the molecule is CCc1ncnc(-c2ccc(C(=O)N3CCN(C(C)=O)CC3)c(OC)c2)c1-c1ccc(N)nc1. The molecule has 2 N–H and O–H groups in total. The molecule has 1 aromatic carbocycles. The zero-order chi connectivity index (χ0) is 24.2. The zero-order valence-corrected chi connectivity index (χ0v) is 19.6. The monoisotopic (exact) mass is 460 g/mol. The van der Waals surface area contributed by atoms with Gasteiger partial charge < -0.3 is 20.3 Å². The Morgan fingerprint density at radius 3 is 2.32 bits per heavy atom. The third-order valence-corrected chi connectivity index (χ3v) is 6.05. The third-order valence-electron chi connectivity index (χ3n) is 6.05. The minimum Gasteiger partial charge on any atom is -0.496 e. The molecular weight excluding hydrogens is 432 g/mol. The molecule has 0 spiro atoms. The van der Waals surface area contributed by atoms with E-state index in [-0.39, 0.29) is 11.8 Å². The Kier molecular flexibility index (Phi) is 6.72. The second kappa shape index (κ2) is 9.86. The van der Waals surface area contributed by atoms with E-state index in [4.69, 9.17) is 10.5 Å². The second-order valence-electron chi connectivity index (χ2n) is 8.08. The Bertz CT molecular complexity index is 1200. The molecule has 2 aromatic heterocycles. The number of rotatable bonds is 5. The van der Waals surface area contributed by atoms with E-state index in [9.17, 15) is 9.59 Å². The molecule has 0 aliphatic carbocycles. The van der Waals surface area contributed by atoms with E-state index in [1.165, 1.54) is 0 Å². The van der Waals surface area contributed by atoms with Crippen LogP contribution in [0.3, 0.4) is 0 Å². The molecule has 0 atom stereocenters. The number of hydrogen-bond acceptors (Lipinski definition) is 7. The lowest BCUT2D eigenvalue weighted by atomic mass is 9.96. The van der Waals surface area contributed by atoms with Crippen molar-refractivity contribution in [3.63, 3.8) is 0 Å². The van der Waals surface area contributed by atoms with Gasteiger partial charge in [-0.2, -0.15) is 0 Å². The molecule has 4 rings (SSSR count). The van der Waals surface area contributed by atoms with Crippen molar-refractivity contribution in [2.45, 2.75) is 20.3 Å². The van der Waals surface area contributed by atoms with Gasteiger partial charge in [0.25, 0.3) is 5.91 Å². The number of aryl methyl sites for hydroxylation is 1. The van der Waals surface area contributed by atoms with Crippen LogP contribution in [-0.2, 0) is 11.2 Å². The van der Waals surface area contributed by atoms with Gasteiger partial charge in [0.15, 0.2) is 0 Å². The molecule has 176 valence electrons. The number of nitrogen functional groups attached to an aromatic ring is 1. The molecule has 0 unspecified atom stereocenters. The van der Waals surface area contributed by atoms with Crippen molar-refractivity contribution in [1.82, 2.24) is 24.8 Å². The maximum atomic E-state index is 13.2. The van der Waals surface area contributed by atoms with Gasteiger partial charge in [-0.1, -0.05) is 13.0 Å². The van der Waals surface area contributed by atoms with Crippen LogP contribution in [0.4, 0.5) is 5.82 Å². The number of ether oxygens (including phenoxy) is 1. The molecule has 34 heavy (non-hydrogen) atoms. The number of anilines is 1. The number of carbonyl (C=O) groups is 2. The maximum absolute atomic E-state index is 13.2. The van der Waals surface area contributed by atoms with Crippen molar-refractivity contribution in [2.24, 2.45) is 0 Å². The third kappa shape index (κ3) is 4.54. The Labute approximate surface area is 198 Å². The second-order valence-corrected chi connectivity index (χ2v) is 8.08. The topological polar surface area (TPSA) is 115 Å². The smallest absolute Gasteiger partial charge is 0.257 e. The van der Waals surface area contributed by atoms with Crippen molar-refractivity contribution in [3.05, 3.63) is 54.1 Å². The van der Waals surface area contributed by atoms with Crippen LogP contribution in [0.15, 0.2) is 42.9 Å². The Morgan fingerprint density at radius 1 is 1.00 bits per heavy atom. The summed E-state index contributed by atoms with van der Waals surface area (Å²) in [6.45, 7) is 5.62. The summed E-state index contributed by atoms with van der Waals surface area (Å²) in [5.41, 5.74) is 10.4. The molecule has 2 amide bonds. The summed E-state index contributed by atoms with van der Waals surface area (Å²) >= 11 is 0. The molecular formula is C25H28N6O3. The highest BCUT2D eigenvalue weighted by atomic mass is 16.5. The van der Waals surface area contributed by atoms with Gasteiger partial charge in [0.05, 0.1) is 24.1 Å². The summed E-state index contributed by atoms with van der Waals surface area (Å²) in [7, 11) is 1.55. The maximum Gasteiger partial charge on any atom is 0.257 e. The van der Waals surface area contributed by atoms with Crippen LogP contribution in [-0.4, -0.2) is 69.9 Å². The molecule has 9 nitrogen and oxygen atoms in total. The van der Waals surface area contributed by atoms with Gasteiger partial charge in [-0.3, -0.25) is 9.59 Å². The Morgan fingerprint density at radius 2 is 1.71 bits per heavy atom. The van der Waals surface area contributed by atoms with Crippen LogP contribution in [0.2, 0.25) is 0 Å². The number of hydrogen-bond donors (Lipinski definition) is 1. The largest absolute Gasteiger partial charge is 0.496 e. The average molecular weight is 461 g/mol. The predicted octanol–water partition coefficient (Wildman–Crippen LogP) is 2.66. The Balaban J connectivity index is 1.69. The molecule has 3 aromatic rings. The number of methoxy groups -OCH3 is 1. The highest BCUT2D eigenvalue weighted by Gasteiger charge is 2.26. The molecule has 0 bridgehead atoms. The van der Waals surface area contributed by atoms with Crippen molar-refractivity contribution < 1.29 is 14.3 Å². The number of nitrogens with two attached hydrogens (primary N) is 1.